The Morgan fingerprint density at radius 1 is 1.30 bits per heavy atom. The molecule has 0 aliphatic carbocycles. The summed E-state index contributed by atoms with van der Waals surface area (Å²) in [6.07, 6.45) is 0. The highest BCUT2D eigenvalue weighted by atomic mass is 32.2. The summed E-state index contributed by atoms with van der Waals surface area (Å²) in [5.74, 6) is -0.275. The summed E-state index contributed by atoms with van der Waals surface area (Å²) in [7, 11) is -3.60. The van der Waals surface area contributed by atoms with Crippen LogP contribution in [0.25, 0.3) is 11.0 Å². The van der Waals surface area contributed by atoms with Crippen LogP contribution >= 0.6 is 11.3 Å². The molecule has 2 aromatic heterocycles. The van der Waals surface area contributed by atoms with Crippen molar-refractivity contribution in [3.05, 3.63) is 35.0 Å². The Morgan fingerprint density at radius 2 is 2.10 bits per heavy atom. The van der Waals surface area contributed by atoms with Gasteiger partial charge in [0.2, 0.25) is 15.2 Å². The smallest absolute Gasteiger partial charge is 0.240 e. The molecule has 3 aromatic rings. The minimum atomic E-state index is -3.60. The predicted molar refractivity (Wildman–Crippen MR) is 74.9 cm³/mol. The van der Waals surface area contributed by atoms with Crippen molar-refractivity contribution in [3.63, 3.8) is 0 Å². The lowest BCUT2D eigenvalue weighted by Gasteiger charge is -2.02. The standard InChI is InChI=1S/C11H10N4O3S2/c1-7-12-13-11(19-7)15-20(16,17)6-9-8-4-2-3-5-10(8)18-14-9/h2-5H,6H2,1H3,(H,13,15). The zero-order valence-corrected chi connectivity index (χ0v) is 12.0. The fourth-order valence-electron chi connectivity index (χ4n) is 1.73. The highest BCUT2D eigenvalue weighted by Gasteiger charge is 2.18. The van der Waals surface area contributed by atoms with E-state index in [9.17, 15) is 8.42 Å². The molecule has 1 aromatic carbocycles. The summed E-state index contributed by atoms with van der Waals surface area (Å²) in [6, 6.07) is 7.11. The fraction of sp³-hybridized carbons (Fsp3) is 0.182. The molecule has 7 nitrogen and oxygen atoms in total. The number of sulfonamides is 1. The van der Waals surface area contributed by atoms with Gasteiger partial charge in [-0.05, 0) is 19.1 Å². The van der Waals surface area contributed by atoms with E-state index in [2.05, 4.69) is 20.1 Å². The van der Waals surface area contributed by atoms with Crippen LogP contribution in [0, 0.1) is 6.92 Å². The van der Waals surface area contributed by atoms with E-state index in [4.69, 9.17) is 4.52 Å². The minimum Gasteiger partial charge on any atom is -0.356 e. The molecule has 20 heavy (non-hydrogen) atoms. The van der Waals surface area contributed by atoms with Crippen LogP contribution in [0.4, 0.5) is 5.13 Å². The molecule has 1 N–H and O–H groups in total. The number of benzene rings is 1. The topological polar surface area (TPSA) is 98.0 Å². The van der Waals surface area contributed by atoms with Gasteiger partial charge in [-0.1, -0.05) is 28.6 Å². The molecular weight excluding hydrogens is 300 g/mol. The van der Waals surface area contributed by atoms with Crippen LogP contribution in [0.5, 0.6) is 0 Å². The van der Waals surface area contributed by atoms with Gasteiger partial charge in [0.1, 0.15) is 16.5 Å². The van der Waals surface area contributed by atoms with E-state index < -0.39 is 10.0 Å². The Labute approximate surface area is 118 Å². The lowest BCUT2D eigenvalue weighted by atomic mass is 10.2. The molecule has 104 valence electrons. The monoisotopic (exact) mass is 310 g/mol. The maximum Gasteiger partial charge on any atom is 0.240 e. The fourth-order valence-corrected chi connectivity index (χ4v) is 3.67. The van der Waals surface area contributed by atoms with E-state index in [0.717, 1.165) is 0 Å². The summed E-state index contributed by atoms with van der Waals surface area (Å²) in [5, 5.41) is 12.9. The number of hydrogen-bond acceptors (Lipinski definition) is 7. The van der Waals surface area contributed by atoms with Gasteiger partial charge in [0.15, 0.2) is 5.58 Å². The number of aryl methyl sites for hydroxylation is 1. The summed E-state index contributed by atoms with van der Waals surface area (Å²) >= 11 is 1.17. The van der Waals surface area contributed by atoms with Crippen LogP contribution in [0.1, 0.15) is 10.7 Å². The van der Waals surface area contributed by atoms with Crippen molar-refractivity contribution in [3.8, 4) is 0 Å². The highest BCUT2D eigenvalue weighted by Crippen LogP contribution is 2.21. The number of para-hydroxylation sites is 1. The van der Waals surface area contributed by atoms with Crippen LogP contribution in [-0.4, -0.2) is 23.8 Å². The van der Waals surface area contributed by atoms with Crippen molar-refractivity contribution in [1.29, 1.82) is 0 Å². The minimum absolute atomic E-state index is 0.246. The van der Waals surface area contributed by atoms with Gasteiger partial charge in [-0.2, -0.15) is 0 Å². The van der Waals surface area contributed by atoms with Crippen molar-refractivity contribution in [2.24, 2.45) is 0 Å². The molecule has 0 atom stereocenters. The second-order valence-corrected chi connectivity index (χ2v) is 7.02. The molecule has 0 aliphatic rings. The molecule has 0 saturated carbocycles. The van der Waals surface area contributed by atoms with Crippen molar-refractivity contribution >= 4 is 37.5 Å². The number of nitrogens with one attached hydrogen (secondary N) is 1. The molecule has 0 radical (unpaired) electrons. The van der Waals surface area contributed by atoms with Crippen LogP contribution in [0.3, 0.4) is 0 Å². The molecule has 2 heterocycles. The summed E-state index contributed by atoms with van der Waals surface area (Å²) in [6.45, 7) is 1.75. The molecule has 9 heteroatoms. The largest absolute Gasteiger partial charge is 0.356 e. The Morgan fingerprint density at radius 3 is 2.85 bits per heavy atom. The molecule has 0 aliphatic heterocycles. The molecule has 0 fully saturated rings. The van der Waals surface area contributed by atoms with Gasteiger partial charge in [0, 0.05) is 5.39 Å². The zero-order chi connectivity index (χ0) is 14.2. The van der Waals surface area contributed by atoms with Crippen LogP contribution < -0.4 is 4.72 Å². The van der Waals surface area contributed by atoms with E-state index >= 15 is 0 Å². The molecular formula is C11H10N4O3S2. The van der Waals surface area contributed by atoms with Gasteiger partial charge >= 0.3 is 0 Å². The molecule has 0 amide bonds. The first-order valence-electron chi connectivity index (χ1n) is 5.67. The highest BCUT2D eigenvalue weighted by molar-refractivity contribution is 7.92. The van der Waals surface area contributed by atoms with Crippen LogP contribution in [-0.2, 0) is 15.8 Å². The first-order valence-corrected chi connectivity index (χ1v) is 8.14. The number of aromatic nitrogens is 3. The Hall–Kier alpha value is -2.00. The summed E-state index contributed by atoms with van der Waals surface area (Å²) in [5.41, 5.74) is 0.929. The maximum atomic E-state index is 12.1. The molecule has 0 bridgehead atoms. The van der Waals surface area contributed by atoms with Gasteiger partial charge in [-0.3, -0.25) is 4.72 Å². The van der Waals surface area contributed by atoms with E-state index in [1.54, 1.807) is 31.2 Å². The number of rotatable bonds is 4. The van der Waals surface area contributed by atoms with Crippen LogP contribution in [0.2, 0.25) is 0 Å². The number of fused-ring (bicyclic) bond motifs is 1. The van der Waals surface area contributed by atoms with Gasteiger partial charge < -0.3 is 4.52 Å². The molecule has 0 unspecified atom stereocenters. The Kier molecular flexibility index (Phi) is 3.14. The average Bonchev–Trinajstić information content (AvgIpc) is 2.96. The maximum absolute atomic E-state index is 12.1. The molecule has 3 rings (SSSR count). The zero-order valence-electron chi connectivity index (χ0n) is 10.4. The van der Waals surface area contributed by atoms with Gasteiger partial charge in [-0.25, -0.2) is 8.42 Å². The first kappa shape index (κ1) is 13.0. The van der Waals surface area contributed by atoms with E-state index in [1.165, 1.54) is 11.3 Å². The average molecular weight is 310 g/mol. The van der Waals surface area contributed by atoms with E-state index in [0.29, 0.717) is 21.7 Å². The summed E-state index contributed by atoms with van der Waals surface area (Å²) in [4.78, 5) is 0. The summed E-state index contributed by atoms with van der Waals surface area (Å²) < 4.78 is 31.6. The quantitative estimate of drug-likeness (QED) is 0.790. The second-order valence-electron chi connectivity index (χ2n) is 4.11. The van der Waals surface area contributed by atoms with Gasteiger partial charge in [0.05, 0.1) is 0 Å². The third-order valence-corrected chi connectivity index (χ3v) is 4.59. The number of hydrogen-bond donors (Lipinski definition) is 1. The van der Waals surface area contributed by atoms with Gasteiger partial charge in [0.25, 0.3) is 0 Å². The third kappa shape index (κ3) is 2.63. The molecule has 0 spiro atoms. The normalized spacial score (nSPS) is 11.8. The number of anilines is 1. The molecule has 0 saturated heterocycles. The predicted octanol–water partition coefficient (Wildman–Crippen LogP) is 1.93. The second kappa shape index (κ2) is 4.84. The van der Waals surface area contributed by atoms with Crippen molar-refractivity contribution in [2.45, 2.75) is 12.7 Å². The van der Waals surface area contributed by atoms with Crippen molar-refractivity contribution < 1.29 is 12.9 Å². The van der Waals surface area contributed by atoms with Crippen LogP contribution in [0.15, 0.2) is 28.8 Å². The Bertz CT molecular complexity index is 853. The number of nitrogens with zero attached hydrogens (tertiary/aromatic N) is 3. The lowest BCUT2D eigenvalue weighted by Crippen LogP contribution is -2.15. The Balaban J connectivity index is 1.86. The SMILES string of the molecule is Cc1nnc(NS(=O)(=O)Cc2noc3ccccc23)s1. The third-order valence-electron chi connectivity index (χ3n) is 2.55. The first-order chi connectivity index (χ1) is 9.53. The van der Waals surface area contributed by atoms with Crippen molar-refractivity contribution in [2.75, 3.05) is 4.72 Å². The van der Waals surface area contributed by atoms with Gasteiger partial charge in [-0.15, -0.1) is 10.2 Å². The van der Waals surface area contributed by atoms with E-state index in [-0.39, 0.29) is 10.9 Å². The lowest BCUT2D eigenvalue weighted by molar-refractivity contribution is 0.448. The van der Waals surface area contributed by atoms with Crippen molar-refractivity contribution in [1.82, 2.24) is 15.4 Å². The van der Waals surface area contributed by atoms with E-state index in [1.807, 2.05) is 0 Å².